The summed E-state index contributed by atoms with van der Waals surface area (Å²) in [5.74, 6) is -1.39. The van der Waals surface area contributed by atoms with E-state index < -0.39 is 22.7 Å². The van der Waals surface area contributed by atoms with Crippen LogP contribution in [0.3, 0.4) is 0 Å². The highest BCUT2D eigenvalue weighted by Gasteiger charge is 2.48. The van der Waals surface area contributed by atoms with Crippen molar-refractivity contribution in [2.24, 2.45) is 0 Å². The molecule has 10 heteroatoms. The second-order valence-electron chi connectivity index (χ2n) is 12.3. The molecule has 2 heterocycles. The second kappa shape index (κ2) is 12.2. The maximum atomic E-state index is 14.3. The van der Waals surface area contributed by atoms with Crippen molar-refractivity contribution in [3.05, 3.63) is 64.9 Å². The topological polar surface area (TPSA) is 90.5 Å². The molecule has 41 heavy (non-hydrogen) atoms. The van der Waals surface area contributed by atoms with Gasteiger partial charge in [0.2, 0.25) is 11.8 Å². The van der Waals surface area contributed by atoms with Gasteiger partial charge in [-0.05, 0) is 65.7 Å². The van der Waals surface area contributed by atoms with Gasteiger partial charge in [-0.3, -0.25) is 14.5 Å². The maximum Gasteiger partial charge on any atom is 0.248 e. The molecule has 2 N–H and O–H groups in total. The van der Waals surface area contributed by atoms with Crippen LogP contribution >= 0.6 is 0 Å². The summed E-state index contributed by atoms with van der Waals surface area (Å²) in [5, 5.41) is 6.22. The van der Waals surface area contributed by atoms with E-state index >= 15 is 0 Å². The molecule has 0 unspecified atom stereocenters. The smallest absolute Gasteiger partial charge is 0.248 e. The molecule has 1 aliphatic carbocycles. The minimum atomic E-state index is -0.802. The van der Waals surface area contributed by atoms with Crippen LogP contribution in [0.5, 0.6) is 0 Å². The van der Waals surface area contributed by atoms with Gasteiger partial charge in [0.1, 0.15) is 11.6 Å². The summed E-state index contributed by atoms with van der Waals surface area (Å²) in [6.45, 7) is 10.3. The summed E-state index contributed by atoms with van der Waals surface area (Å²) in [7, 11) is 1.60. The number of rotatable bonds is 9. The number of aryl methyl sites for hydroxylation is 2. The molecule has 0 bridgehead atoms. The molecule has 1 aromatic heterocycles. The Kier molecular flexibility index (Phi) is 9.11. The van der Waals surface area contributed by atoms with Crippen LogP contribution in [0.2, 0.25) is 0 Å². The molecule has 0 atom stereocenters. The van der Waals surface area contributed by atoms with Crippen molar-refractivity contribution in [3.8, 4) is 0 Å². The number of carbonyl (C=O) groups is 2. The monoisotopic (exact) mass is 568 g/mol. The molecule has 2 aliphatic rings. The summed E-state index contributed by atoms with van der Waals surface area (Å²) < 4.78 is 27.6. The van der Waals surface area contributed by atoms with Crippen molar-refractivity contribution in [2.75, 3.05) is 25.0 Å². The average Bonchev–Trinajstić information content (AvgIpc) is 2.86. The van der Waals surface area contributed by atoms with Gasteiger partial charge in [0.15, 0.2) is 5.82 Å². The molecule has 0 spiro atoms. The molecular weight excluding hydrogens is 526 g/mol. The van der Waals surface area contributed by atoms with E-state index in [1.807, 2.05) is 33.8 Å². The number of carbonyl (C=O) groups excluding carboxylic acids is 2. The zero-order valence-electron chi connectivity index (χ0n) is 25.0. The highest BCUT2D eigenvalue weighted by molar-refractivity contribution is 5.94. The third kappa shape index (κ3) is 7.47. The van der Waals surface area contributed by atoms with Crippen LogP contribution in [0.1, 0.15) is 76.5 Å². The lowest BCUT2D eigenvalue weighted by molar-refractivity contribution is -0.130. The molecule has 222 valence electrons. The highest BCUT2D eigenvalue weighted by atomic mass is 19.1. The minimum Gasteiger partial charge on any atom is -0.348 e. The fourth-order valence-corrected chi connectivity index (χ4v) is 5.96. The van der Waals surface area contributed by atoms with Crippen molar-refractivity contribution in [1.82, 2.24) is 25.5 Å². The van der Waals surface area contributed by atoms with Crippen molar-refractivity contribution >= 4 is 17.5 Å². The SMILES string of the molecule is C/C(=C\N(C)c1ccc(F)cc1F)C(=O)NC1(CC(=O)NC(C)(C)c2nc(C)cc(C)n2)CN(C2CCCCC2)C1. The minimum absolute atomic E-state index is 0.103. The van der Waals surface area contributed by atoms with Gasteiger partial charge >= 0.3 is 0 Å². The van der Waals surface area contributed by atoms with E-state index in [2.05, 4.69) is 25.5 Å². The predicted molar refractivity (Wildman–Crippen MR) is 155 cm³/mol. The number of halogens is 2. The predicted octanol–water partition coefficient (Wildman–Crippen LogP) is 4.66. The van der Waals surface area contributed by atoms with E-state index in [1.165, 1.54) is 42.5 Å². The molecule has 1 aromatic carbocycles. The van der Waals surface area contributed by atoms with Crippen molar-refractivity contribution in [2.45, 2.75) is 90.3 Å². The highest BCUT2D eigenvalue weighted by Crippen LogP contribution is 2.33. The molecule has 2 amide bonds. The van der Waals surface area contributed by atoms with Gasteiger partial charge in [-0.2, -0.15) is 0 Å². The van der Waals surface area contributed by atoms with Gasteiger partial charge in [-0.15, -0.1) is 0 Å². The second-order valence-corrected chi connectivity index (χ2v) is 12.3. The van der Waals surface area contributed by atoms with Crippen LogP contribution in [0.15, 0.2) is 36.0 Å². The molecule has 1 aliphatic heterocycles. The summed E-state index contributed by atoms with van der Waals surface area (Å²) in [6.07, 6.45) is 7.50. The Morgan fingerprint density at radius 1 is 1.10 bits per heavy atom. The summed E-state index contributed by atoms with van der Waals surface area (Å²) in [5.41, 5.74) is 0.602. The van der Waals surface area contributed by atoms with Gasteiger partial charge < -0.3 is 15.5 Å². The van der Waals surface area contributed by atoms with Gasteiger partial charge in [-0.1, -0.05) is 19.3 Å². The Labute approximate surface area is 241 Å². The van der Waals surface area contributed by atoms with E-state index in [1.54, 1.807) is 14.0 Å². The third-order valence-electron chi connectivity index (χ3n) is 8.01. The van der Waals surface area contributed by atoms with Crippen LogP contribution in [-0.2, 0) is 15.1 Å². The van der Waals surface area contributed by atoms with E-state index in [4.69, 9.17) is 0 Å². The molecule has 0 radical (unpaired) electrons. The first-order chi connectivity index (χ1) is 19.3. The van der Waals surface area contributed by atoms with E-state index in [0.717, 1.165) is 30.3 Å². The summed E-state index contributed by atoms with van der Waals surface area (Å²) in [4.78, 5) is 39.7. The molecule has 1 saturated carbocycles. The van der Waals surface area contributed by atoms with E-state index in [-0.39, 0.29) is 23.9 Å². The molecular formula is C31H42F2N6O2. The first kappa shape index (κ1) is 30.6. The lowest BCUT2D eigenvalue weighted by Gasteiger charge is -2.54. The van der Waals surface area contributed by atoms with Crippen LogP contribution in [0.4, 0.5) is 14.5 Å². The number of amides is 2. The Morgan fingerprint density at radius 3 is 2.34 bits per heavy atom. The average molecular weight is 569 g/mol. The van der Waals surface area contributed by atoms with E-state index in [9.17, 15) is 18.4 Å². The first-order valence-corrected chi connectivity index (χ1v) is 14.3. The van der Waals surface area contributed by atoms with Gasteiger partial charge in [0.05, 0.1) is 23.2 Å². The van der Waals surface area contributed by atoms with Crippen LogP contribution in [0, 0.1) is 25.5 Å². The number of aromatic nitrogens is 2. The molecule has 1 saturated heterocycles. The Hall–Kier alpha value is -3.40. The normalized spacial score (nSPS) is 18.0. The fourth-order valence-electron chi connectivity index (χ4n) is 5.96. The van der Waals surface area contributed by atoms with Gasteiger partial charge in [0.25, 0.3) is 0 Å². The zero-order chi connectivity index (χ0) is 29.9. The zero-order valence-corrected chi connectivity index (χ0v) is 25.0. The number of nitrogens with one attached hydrogen (secondary N) is 2. The Bertz CT molecular complexity index is 1300. The van der Waals surface area contributed by atoms with Crippen molar-refractivity contribution < 1.29 is 18.4 Å². The Morgan fingerprint density at radius 2 is 1.73 bits per heavy atom. The van der Waals surface area contributed by atoms with Crippen molar-refractivity contribution in [3.63, 3.8) is 0 Å². The van der Waals surface area contributed by atoms with E-state index in [0.29, 0.717) is 30.5 Å². The van der Waals surface area contributed by atoms with Crippen LogP contribution in [0.25, 0.3) is 0 Å². The number of benzene rings is 1. The lowest BCUT2D eigenvalue weighted by Crippen LogP contribution is -2.73. The molecule has 4 rings (SSSR count). The van der Waals surface area contributed by atoms with Crippen molar-refractivity contribution in [1.29, 1.82) is 0 Å². The number of anilines is 1. The van der Waals surface area contributed by atoms with Gasteiger partial charge in [0, 0.05) is 55.4 Å². The van der Waals surface area contributed by atoms with Crippen LogP contribution in [-0.4, -0.2) is 58.4 Å². The number of nitrogens with zero attached hydrogens (tertiary/aromatic N) is 4. The number of hydrogen-bond acceptors (Lipinski definition) is 6. The van der Waals surface area contributed by atoms with Gasteiger partial charge in [-0.25, -0.2) is 18.7 Å². The number of likely N-dealkylation sites (tertiary alicyclic amines) is 1. The largest absolute Gasteiger partial charge is 0.348 e. The summed E-state index contributed by atoms with van der Waals surface area (Å²) >= 11 is 0. The quantitative estimate of drug-likeness (QED) is 0.428. The third-order valence-corrected chi connectivity index (χ3v) is 8.01. The van der Waals surface area contributed by atoms with Crippen LogP contribution < -0.4 is 15.5 Å². The first-order valence-electron chi connectivity index (χ1n) is 14.3. The summed E-state index contributed by atoms with van der Waals surface area (Å²) in [6, 6.07) is 5.65. The standard InChI is InChI=1S/C31H42F2N6O2/c1-20(17-38(6)26-13-12-23(32)15-25(26)33)28(41)37-31(18-39(19-31)24-10-8-7-9-11-24)16-27(40)36-30(4,5)29-34-21(2)14-22(3)35-29/h12-15,17,24H,7-11,16,18-19H2,1-6H3,(H,36,40)(H,37,41)/b20-17+. The Balaban J connectivity index is 1.49. The molecule has 2 aromatic rings. The number of hydrogen-bond donors (Lipinski definition) is 2. The lowest BCUT2D eigenvalue weighted by atomic mass is 9.81. The molecule has 2 fully saturated rings. The fraction of sp³-hybridized carbons (Fsp3) is 0.548. The maximum absolute atomic E-state index is 14.3. The molecule has 8 nitrogen and oxygen atoms in total.